The highest BCUT2D eigenvalue weighted by Crippen LogP contribution is 2.29. The van der Waals surface area contributed by atoms with Crippen molar-refractivity contribution in [2.75, 3.05) is 16.6 Å². The number of nitrogens with one attached hydrogen (secondary N) is 3. The van der Waals surface area contributed by atoms with E-state index in [-0.39, 0.29) is 17.4 Å². The highest BCUT2D eigenvalue weighted by molar-refractivity contribution is 7.92. The SMILES string of the molecule is Cc1ccc(S(=O)(=O)Nc2cccc3[nH]c(-c4ccc(NC(=O)[C@@H]5CCCN5C(=O)OCc5ccccc5)cc4)nc23)cc1. The minimum atomic E-state index is -3.80. The largest absolute Gasteiger partial charge is 0.445 e. The average molecular weight is 610 g/mol. The van der Waals surface area contributed by atoms with Crippen molar-refractivity contribution in [1.29, 1.82) is 0 Å². The summed E-state index contributed by atoms with van der Waals surface area (Å²) in [5.74, 6) is 0.268. The van der Waals surface area contributed by atoms with Gasteiger partial charge < -0.3 is 15.0 Å². The third-order valence-electron chi connectivity index (χ3n) is 7.51. The van der Waals surface area contributed by atoms with Crippen LogP contribution in [0.5, 0.6) is 0 Å². The Bertz CT molecular complexity index is 1910. The van der Waals surface area contributed by atoms with E-state index in [1.807, 2.05) is 55.5 Å². The molecule has 0 radical (unpaired) electrons. The normalized spacial score (nSPS) is 14.8. The van der Waals surface area contributed by atoms with Gasteiger partial charge in [-0.25, -0.2) is 18.2 Å². The number of rotatable bonds is 8. The zero-order valence-corrected chi connectivity index (χ0v) is 24.8. The van der Waals surface area contributed by atoms with Crippen LogP contribution in [0.25, 0.3) is 22.4 Å². The molecular formula is C33H31N5O5S. The molecule has 11 heteroatoms. The summed E-state index contributed by atoms with van der Waals surface area (Å²) in [5.41, 5.74) is 4.68. The molecule has 5 aromatic rings. The Kier molecular flexibility index (Phi) is 8.03. The minimum absolute atomic E-state index is 0.147. The van der Waals surface area contributed by atoms with Gasteiger partial charge in [0.2, 0.25) is 5.91 Å². The van der Waals surface area contributed by atoms with Crippen molar-refractivity contribution in [3.63, 3.8) is 0 Å². The Balaban J connectivity index is 1.12. The highest BCUT2D eigenvalue weighted by Gasteiger charge is 2.35. The molecule has 0 spiro atoms. The number of aromatic nitrogens is 2. The average Bonchev–Trinajstić information content (AvgIpc) is 3.70. The first-order chi connectivity index (χ1) is 21.3. The molecule has 2 amide bonds. The Morgan fingerprint density at radius 2 is 1.70 bits per heavy atom. The van der Waals surface area contributed by atoms with Gasteiger partial charge in [0.05, 0.1) is 16.1 Å². The molecule has 1 aliphatic heterocycles. The van der Waals surface area contributed by atoms with Crippen molar-refractivity contribution >= 4 is 44.4 Å². The van der Waals surface area contributed by atoms with Gasteiger partial charge >= 0.3 is 6.09 Å². The first-order valence-corrected chi connectivity index (χ1v) is 15.7. The van der Waals surface area contributed by atoms with Gasteiger partial charge in [-0.2, -0.15) is 0 Å². The van der Waals surface area contributed by atoms with Crippen molar-refractivity contribution < 1.29 is 22.7 Å². The van der Waals surface area contributed by atoms with Crippen LogP contribution < -0.4 is 10.0 Å². The minimum Gasteiger partial charge on any atom is -0.445 e. The summed E-state index contributed by atoms with van der Waals surface area (Å²) in [6.45, 7) is 2.50. The van der Waals surface area contributed by atoms with E-state index in [0.29, 0.717) is 47.6 Å². The number of imidazole rings is 1. The lowest BCUT2D eigenvalue weighted by Gasteiger charge is -2.23. The van der Waals surface area contributed by atoms with Crippen LogP contribution in [0.3, 0.4) is 0 Å². The predicted octanol–water partition coefficient (Wildman–Crippen LogP) is 6.08. The lowest BCUT2D eigenvalue weighted by molar-refractivity contribution is -0.120. The molecule has 0 bridgehead atoms. The number of hydrogen-bond acceptors (Lipinski definition) is 6. The number of hydrogen-bond donors (Lipinski definition) is 3. The van der Waals surface area contributed by atoms with Gasteiger partial charge in [-0.3, -0.25) is 14.4 Å². The number of anilines is 2. The molecule has 0 aliphatic carbocycles. The number of amides is 2. The molecule has 4 aromatic carbocycles. The number of carbonyl (C=O) groups is 2. The van der Waals surface area contributed by atoms with E-state index < -0.39 is 22.2 Å². The van der Waals surface area contributed by atoms with E-state index in [2.05, 4.69) is 20.0 Å². The smallest absolute Gasteiger partial charge is 0.410 e. The molecule has 0 saturated carbocycles. The molecule has 1 aromatic heterocycles. The number of likely N-dealkylation sites (tertiary alicyclic amines) is 1. The van der Waals surface area contributed by atoms with E-state index in [9.17, 15) is 18.0 Å². The first-order valence-electron chi connectivity index (χ1n) is 14.2. The van der Waals surface area contributed by atoms with E-state index in [4.69, 9.17) is 4.74 Å². The van der Waals surface area contributed by atoms with E-state index >= 15 is 0 Å². The quantitative estimate of drug-likeness (QED) is 0.195. The molecule has 0 unspecified atom stereocenters. The van der Waals surface area contributed by atoms with Gasteiger partial charge in [0.25, 0.3) is 10.0 Å². The zero-order valence-electron chi connectivity index (χ0n) is 24.0. The number of fused-ring (bicyclic) bond motifs is 1. The van der Waals surface area contributed by atoms with Gasteiger partial charge in [0.15, 0.2) is 0 Å². The van der Waals surface area contributed by atoms with Crippen LogP contribution in [0.2, 0.25) is 0 Å². The number of nitrogens with zero attached hydrogens (tertiary/aromatic N) is 2. The standard InChI is InChI=1S/C33H31N5O5S/c1-22-12-18-26(19-13-22)44(41,42)37-28-10-5-9-27-30(28)36-31(35-27)24-14-16-25(17-15-24)34-32(39)29-11-6-20-38(29)33(40)43-21-23-7-3-2-4-8-23/h2-5,7-10,12-19,29,37H,6,11,20-21H2,1H3,(H,34,39)(H,35,36)/t29-/m0/s1. The molecule has 3 N–H and O–H groups in total. The van der Waals surface area contributed by atoms with E-state index in [1.54, 1.807) is 48.5 Å². The maximum atomic E-state index is 13.1. The second-order valence-electron chi connectivity index (χ2n) is 10.7. The number of aryl methyl sites for hydroxylation is 1. The summed E-state index contributed by atoms with van der Waals surface area (Å²) >= 11 is 0. The molecule has 2 heterocycles. The zero-order chi connectivity index (χ0) is 30.7. The van der Waals surface area contributed by atoms with Crippen LogP contribution in [0, 0.1) is 6.92 Å². The number of sulfonamides is 1. The second kappa shape index (κ2) is 12.2. The van der Waals surface area contributed by atoms with Crippen molar-refractivity contribution in [3.05, 3.63) is 108 Å². The Hall–Kier alpha value is -5.16. The summed E-state index contributed by atoms with van der Waals surface area (Å²) in [7, 11) is -3.80. The van der Waals surface area contributed by atoms with Gasteiger partial charge in [0.1, 0.15) is 24.0 Å². The number of para-hydroxylation sites is 1. The summed E-state index contributed by atoms with van der Waals surface area (Å²) in [4.78, 5) is 35.4. The summed E-state index contributed by atoms with van der Waals surface area (Å²) < 4.78 is 34.1. The maximum absolute atomic E-state index is 13.1. The maximum Gasteiger partial charge on any atom is 0.410 e. The molecule has 1 atom stereocenters. The molecule has 1 aliphatic rings. The monoisotopic (exact) mass is 609 g/mol. The lowest BCUT2D eigenvalue weighted by atomic mass is 10.1. The molecular weight excluding hydrogens is 578 g/mol. The number of carbonyl (C=O) groups excluding carboxylic acids is 2. The molecule has 10 nitrogen and oxygen atoms in total. The third-order valence-corrected chi connectivity index (χ3v) is 8.89. The number of benzene rings is 4. The van der Waals surface area contributed by atoms with Gasteiger partial charge in [-0.05, 0) is 73.9 Å². The first kappa shape index (κ1) is 28.9. The number of aromatic amines is 1. The van der Waals surface area contributed by atoms with Gasteiger partial charge in [-0.15, -0.1) is 0 Å². The van der Waals surface area contributed by atoms with Crippen LogP contribution in [-0.2, 0) is 26.2 Å². The second-order valence-corrected chi connectivity index (χ2v) is 12.3. The van der Waals surface area contributed by atoms with Crippen LogP contribution in [-0.4, -0.2) is 47.9 Å². The molecule has 1 saturated heterocycles. The van der Waals surface area contributed by atoms with Crippen LogP contribution >= 0.6 is 0 Å². The molecule has 6 rings (SSSR count). The third kappa shape index (κ3) is 6.28. The topological polar surface area (TPSA) is 133 Å². The van der Waals surface area contributed by atoms with Crippen LogP contribution in [0.1, 0.15) is 24.0 Å². The summed E-state index contributed by atoms with van der Waals surface area (Å²) in [5, 5.41) is 2.91. The fourth-order valence-corrected chi connectivity index (χ4v) is 6.24. The number of ether oxygens (including phenoxy) is 1. The highest BCUT2D eigenvalue weighted by atomic mass is 32.2. The Labute approximate surface area is 255 Å². The predicted molar refractivity (Wildman–Crippen MR) is 169 cm³/mol. The van der Waals surface area contributed by atoms with Crippen molar-refractivity contribution in [3.8, 4) is 11.4 Å². The van der Waals surface area contributed by atoms with Crippen molar-refractivity contribution in [1.82, 2.24) is 14.9 Å². The van der Waals surface area contributed by atoms with E-state index in [1.165, 1.54) is 4.90 Å². The fourth-order valence-electron chi connectivity index (χ4n) is 5.17. The lowest BCUT2D eigenvalue weighted by Crippen LogP contribution is -2.43. The fraction of sp³-hybridized carbons (Fsp3) is 0.182. The molecule has 1 fully saturated rings. The Morgan fingerprint density at radius 1 is 0.955 bits per heavy atom. The molecule has 44 heavy (non-hydrogen) atoms. The summed E-state index contributed by atoms with van der Waals surface area (Å²) in [6, 6.07) is 27.8. The van der Waals surface area contributed by atoms with Gasteiger partial charge in [-0.1, -0.05) is 54.1 Å². The Morgan fingerprint density at radius 3 is 2.45 bits per heavy atom. The van der Waals surface area contributed by atoms with Crippen molar-refractivity contribution in [2.45, 2.75) is 37.3 Å². The molecule has 224 valence electrons. The van der Waals surface area contributed by atoms with E-state index in [0.717, 1.165) is 16.7 Å². The number of H-pyrrole nitrogens is 1. The van der Waals surface area contributed by atoms with Gasteiger partial charge in [0, 0.05) is 17.8 Å². The van der Waals surface area contributed by atoms with Crippen molar-refractivity contribution in [2.24, 2.45) is 0 Å². The van der Waals surface area contributed by atoms with Crippen LogP contribution in [0.15, 0.2) is 102 Å². The van der Waals surface area contributed by atoms with Crippen LogP contribution in [0.4, 0.5) is 16.2 Å². The summed E-state index contributed by atoms with van der Waals surface area (Å²) in [6.07, 6.45) is 0.763.